The molecule has 0 aliphatic carbocycles. The predicted octanol–water partition coefficient (Wildman–Crippen LogP) is 1.69. The second-order valence-electron chi connectivity index (χ2n) is 3.46. The van der Waals surface area contributed by atoms with E-state index in [0.717, 1.165) is 6.42 Å². The lowest BCUT2D eigenvalue weighted by Gasteiger charge is -2.07. The maximum absolute atomic E-state index is 11.5. The van der Waals surface area contributed by atoms with Crippen molar-refractivity contribution in [2.45, 2.75) is 19.8 Å². The van der Waals surface area contributed by atoms with Gasteiger partial charge in [0.1, 0.15) is 0 Å². The number of anilines is 1. The molecule has 0 aliphatic heterocycles. The van der Waals surface area contributed by atoms with Gasteiger partial charge in [0.15, 0.2) is 0 Å². The number of benzene rings is 1. The topological polar surface area (TPSA) is 63.2 Å². The third-order valence-electron chi connectivity index (χ3n) is 2.02. The minimum Gasteiger partial charge on any atom is -0.285 e. The molecule has 1 radical (unpaired) electrons. The van der Waals surface area contributed by atoms with Crippen LogP contribution in [0.1, 0.15) is 25.3 Å². The zero-order valence-electron chi connectivity index (χ0n) is 9.06. The number of hydrogen-bond donors (Lipinski definition) is 1. The van der Waals surface area contributed by atoms with E-state index < -0.39 is 10.0 Å². The fourth-order valence-electron chi connectivity index (χ4n) is 1.21. The van der Waals surface area contributed by atoms with Gasteiger partial charge in [-0.2, -0.15) is 0 Å². The first-order chi connectivity index (χ1) is 7.57. The van der Waals surface area contributed by atoms with E-state index in [4.69, 9.17) is 0 Å². The molecule has 0 bridgehead atoms. The summed E-state index contributed by atoms with van der Waals surface area (Å²) in [5.74, 6) is 0.0958. The van der Waals surface area contributed by atoms with Crippen LogP contribution in [0.2, 0.25) is 0 Å². The second-order valence-corrected chi connectivity index (χ2v) is 5.30. The van der Waals surface area contributed by atoms with Crippen molar-refractivity contribution in [2.75, 3.05) is 10.5 Å². The molecule has 0 heterocycles. The monoisotopic (exact) mass is 240 g/mol. The zero-order valence-corrected chi connectivity index (χ0v) is 9.88. The maximum Gasteiger partial charge on any atom is 0.233 e. The van der Waals surface area contributed by atoms with Gasteiger partial charge in [-0.15, -0.1) is 0 Å². The van der Waals surface area contributed by atoms with Crippen molar-refractivity contribution in [3.05, 3.63) is 29.8 Å². The quantitative estimate of drug-likeness (QED) is 0.823. The third-order valence-corrected chi connectivity index (χ3v) is 3.39. The van der Waals surface area contributed by atoms with E-state index in [-0.39, 0.29) is 5.75 Å². The summed E-state index contributed by atoms with van der Waals surface area (Å²) in [5.41, 5.74) is 0.729. The van der Waals surface area contributed by atoms with Gasteiger partial charge >= 0.3 is 0 Å². The van der Waals surface area contributed by atoms with E-state index in [1.54, 1.807) is 24.5 Å². The normalized spacial score (nSPS) is 11.1. The highest BCUT2D eigenvalue weighted by Gasteiger charge is 2.09. The number of nitrogens with one attached hydrogen (secondary N) is 1. The molecule has 1 aromatic carbocycles. The summed E-state index contributed by atoms with van der Waals surface area (Å²) >= 11 is 0. The van der Waals surface area contributed by atoms with Crippen molar-refractivity contribution in [1.29, 1.82) is 0 Å². The third kappa shape index (κ3) is 4.02. The molecule has 0 saturated carbocycles. The molecule has 1 aromatic rings. The van der Waals surface area contributed by atoms with Crippen LogP contribution in [-0.2, 0) is 14.8 Å². The summed E-state index contributed by atoms with van der Waals surface area (Å²) in [4.78, 5) is 10.4. The minimum atomic E-state index is -3.30. The Kier molecular flexibility index (Phi) is 4.49. The van der Waals surface area contributed by atoms with Crippen molar-refractivity contribution in [2.24, 2.45) is 0 Å². The van der Waals surface area contributed by atoms with Gasteiger partial charge in [0.25, 0.3) is 0 Å². The van der Waals surface area contributed by atoms with E-state index >= 15 is 0 Å². The molecular formula is C11H14NO3S. The van der Waals surface area contributed by atoms with Gasteiger partial charge in [0, 0.05) is 11.3 Å². The lowest BCUT2D eigenvalue weighted by atomic mass is 10.2. The van der Waals surface area contributed by atoms with Crippen LogP contribution >= 0.6 is 0 Å². The molecule has 0 aromatic heterocycles. The Hall–Kier alpha value is -1.36. The SMILES string of the molecule is CCCCS(=O)(=O)Nc1cccc([C]=O)c1. The van der Waals surface area contributed by atoms with E-state index in [1.807, 2.05) is 6.92 Å². The number of rotatable bonds is 6. The molecular weight excluding hydrogens is 226 g/mol. The summed E-state index contributed by atoms with van der Waals surface area (Å²) < 4.78 is 25.5. The van der Waals surface area contributed by atoms with E-state index in [9.17, 15) is 13.2 Å². The summed E-state index contributed by atoms with van der Waals surface area (Å²) in [6.45, 7) is 1.93. The number of hydrogen-bond acceptors (Lipinski definition) is 3. The molecule has 4 nitrogen and oxygen atoms in total. The van der Waals surface area contributed by atoms with Crippen LogP contribution in [0.3, 0.4) is 0 Å². The first-order valence-electron chi connectivity index (χ1n) is 5.06. The van der Waals surface area contributed by atoms with Crippen molar-refractivity contribution in [3.8, 4) is 0 Å². The van der Waals surface area contributed by atoms with Gasteiger partial charge in [-0.1, -0.05) is 25.5 Å². The van der Waals surface area contributed by atoms with Gasteiger partial charge < -0.3 is 0 Å². The van der Waals surface area contributed by atoms with Gasteiger partial charge in [0.2, 0.25) is 16.3 Å². The second kappa shape index (κ2) is 5.65. The maximum atomic E-state index is 11.5. The van der Waals surface area contributed by atoms with Crippen LogP contribution < -0.4 is 4.72 Å². The molecule has 0 atom stereocenters. The lowest BCUT2D eigenvalue weighted by Crippen LogP contribution is -2.16. The fourth-order valence-corrected chi connectivity index (χ4v) is 2.47. The van der Waals surface area contributed by atoms with Crippen molar-refractivity contribution in [3.63, 3.8) is 0 Å². The average molecular weight is 240 g/mol. The Balaban J connectivity index is 2.75. The van der Waals surface area contributed by atoms with Crippen LogP contribution in [-0.4, -0.2) is 20.5 Å². The standard InChI is InChI=1S/C11H14NO3S/c1-2-3-7-16(14,15)12-11-6-4-5-10(8-11)9-13/h4-6,8,12H,2-3,7H2,1H3. The van der Waals surface area contributed by atoms with Gasteiger partial charge in [-0.05, 0) is 18.6 Å². The van der Waals surface area contributed by atoms with Crippen molar-refractivity contribution >= 4 is 22.0 Å². The molecule has 1 rings (SSSR count). The molecule has 1 N–H and O–H groups in total. The molecule has 87 valence electrons. The molecule has 5 heteroatoms. The lowest BCUT2D eigenvalue weighted by molar-refractivity contribution is 0.562. The molecule has 0 saturated heterocycles. The number of sulfonamides is 1. The van der Waals surface area contributed by atoms with Gasteiger partial charge in [-0.25, -0.2) is 8.42 Å². The molecule has 0 spiro atoms. The first kappa shape index (κ1) is 12.7. The number of carbonyl (C=O) groups excluding carboxylic acids is 1. The van der Waals surface area contributed by atoms with Gasteiger partial charge in [0.05, 0.1) is 5.75 Å². The fraction of sp³-hybridized carbons (Fsp3) is 0.364. The van der Waals surface area contributed by atoms with E-state index in [1.165, 1.54) is 6.07 Å². The highest BCUT2D eigenvalue weighted by molar-refractivity contribution is 7.92. The first-order valence-corrected chi connectivity index (χ1v) is 6.71. The summed E-state index contributed by atoms with van der Waals surface area (Å²) in [6.07, 6.45) is 3.15. The Morgan fingerprint density at radius 1 is 1.38 bits per heavy atom. The van der Waals surface area contributed by atoms with E-state index in [0.29, 0.717) is 17.7 Å². The Labute approximate surface area is 95.7 Å². The highest BCUT2D eigenvalue weighted by Crippen LogP contribution is 2.11. The Bertz CT molecular complexity index is 454. The van der Waals surface area contributed by atoms with E-state index in [2.05, 4.69) is 4.72 Å². The van der Waals surface area contributed by atoms with Crippen LogP contribution in [0.5, 0.6) is 0 Å². The van der Waals surface area contributed by atoms with Crippen molar-refractivity contribution in [1.82, 2.24) is 0 Å². The molecule has 0 amide bonds. The molecule has 0 unspecified atom stereocenters. The smallest absolute Gasteiger partial charge is 0.233 e. The van der Waals surface area contributed by atoms with Crippen LogP contribution in [0.4, 0.5) is 5.69 Å². The summed E-state index contributed by atoms with van der Waals surface area (Å²) in [7, 11) is -3.30. The highest BCUT2D eigenvalue weighted by atomic mass is 32.2. The number of unbranched alkanes of at least 4 members (excludes halogenated alkanes) is 1. The largest absolute Gasteiger partial charge is 0.285 e. The molecule has 16 heavy (non-hydrogen) atoms. The van der Waals surface area contributed by atoms with Crippen LogP contribution in [0.25, 0.3) is 0 Å². The minimum absolute atomic E-state index is 0.0958. The van der Waals surface area contributed by atoms with Crippen molar-refractivity contribution < 1.29 is 13.2 Å². The Morgan fingerprint density at radius 2 is 2.12 bits per heavy atom. The average Bonchev–Trinajstić information content (AvgIpc) is 2.26. The summed E-state index contributed by atoms with van der Waals surface area (Å²) in [5, 5.41) is 0. The van der Waals surface area contributed by atoms with Gasteiger partial charge in [-0.3, -0.25) is 9.52 Å². The van der Waals surface area contributed by atoms with Crippen LogP contribution in [0.15, 0.2) is 24.3 Å². The molecule has 0 fully saturated rings. The predicted molar refractivity (Wildman–Crippen MR) is 63.6 cm³/mol. The Morgan fingerprint density at radius 3 is 2.75 bits per heavy atom. The zero-order chi connectivity index (χ0) is 12.0. The van der Waals surface area contributed by atoms with Crippen LogP contribution in [0, 0.1) is 0 Å². The molecule has 0 aliphatic rings. The summed E-state index contributed by atoms with van der Waals surface area (Å²) in [6, 6.07) is 6.23.